The maximum absolute atomic E-state index is 14.0. The number of aliphatic hydroxyl groups is 1. The van der Waals surface area contributed by atoms with E-state index in [1.165, 1.54) is 4.90 Å². The second-order valence-corrected chi connectivity index (χ2v) is 10.8. The predicted octanol–water partition coefficient (Wildman–Crippen LogP) is 1.26. The van der Waals surface area contributed by atoms with Gasteiger partial charge in [0.1, 0.15) is 17.4 Å². The number of aromatic hydroxyl groups is 1. The molecule has 3 aliphatic rings. The molecule has 2 aromatic carbocycles. The van der Waals surface area contributed by atoms with E-state index in [4.69, 9.17) is 15.9 Å². The van der Waals surface area contributed by atoms with Crippen LogP contribution in [0.4, 0.5) is 0 Å². The van der Waals surface area contributed by atoms with Crippen LogP contribution in [0, 0.1) is 29.1 Å². The molecule has 2 fully saturated rings. The fourth-order valence-corrected chi connectivity index (χ4v) is 6.81. The first-order valence-electron chi connectivity index (χ1n) is 12.7. The zero-order valence-electron chi connectivity index (χ0n) is 21.5. The summed E-state index contributed by atoms with van der Waals surface area (Å²) in [5.74, 6) is -7.96. The van der Waals surface area contributed by atoms with Gasteiger partial charge in [-0.05, 0) is 39.3 Å². The van der Waals surface area contributed by atoms with Crippen LogP contribution in [0.5, 0.6) is 11.5 Å². The Bertz CT molecular complexity index is 1420. The molecule has 10 nitrogen and oxygen atoms in total. The molecular formula is C28H31N3O7. The lowest BCUT2D eigenvalue weighted by molar-refractivity contribution is -0.157. The SMILES string of the molecule is CCCOc1c2c(c(O)c3ccccc13)C(=O)C1C(=O)C3(O)C(=N)C(C(N)=O)C(=O)C(N(C)C)C3CC1C2. The first-order chi connectivity index (χ1) is 18.0. The molecule has 38 heavy (non-hydrogen) atoms. The van der Waals surface area contributed by atoms with Crippen molar-refractivity contribution in [3.8, 4) is 11.5 Å². The van der Waals surface area contributed by atoms with E-state index in [9.17, 15) is 29.4 Å². The number of ketones is 3. The standard InChI is InChI=1S/C28H31N3O7/c1-4-9-38-24-14-8-6-5-7-13(14)21(32)18-15(24)10-12-11-16-20(31(2)3)23(34)19(27(30)36)25(29)28(16,37)26(35)17(12)22(18)33/h5-8,12,16-17,19-20,29,32,37H,4,9-11H2,1-3H3,(H2,30,36). The van der Waals surface area contributed by atoms with Crippen LogP contribution < -0.4 is 10.5 Å². The second-order valence-electron chi connectivity index (χ2n) is 10.8. The van der Waals surface area contributed by atoms with Crippen LogP contribution in [-0.4, -0.2) is 76.4 Å². The Morgan fingerprint density at radius 2 is 1.87 bits per heavy atom. The van der Waals surface area contributed by atoms with E-state index in [-0.39, 0.29) is 24.2 Å². The number of ether oxygens (including phenoxy) is 1. The normalized spacial score (nSPS) is 30.7. The molecule has 2 saturated carbocycles. The number of hydrogen-bond acceptors (Lipinski definition) is 9. The lowest BCUT2D eigenvalue weighted by atomic mass is 9.52. The highest BCUT2D eigenvalue weighted by atomic mass is 16.5. The Balaban J connectivity index is 1.70. The number of carbonyl (C=O) groups is 4. The Hall–Kier alpha value is -3.63. The van der Waals surface area contributed by atoms with Crippen molar-refractivity contribution in [2.75, 3.05) is 20.7 Å². The van der Waals surface area contributed by atoms with Crippen LogP contribution in [0.15, 0.2) is 24.3 Å². The van der Waals surface area contributed by atoms with Crippen LogP contribution in [0.2, 0.25) is 0 Å². The average molecular weight is 522 g/mol. The first-order valence-corrected chi connectivity index (χ1v) is 12.7. The second kappa shape index (κ2) is 8.99. The summed E-state index contributed by atoms with van der Waals surface area (Å²) in [5, 5.41) is 32.6. The van der Waals surface area contributed by atoms with E-state index in [1.54, 1.807) is 38.4 Å². The molecule has 200 valence electrons. The number of amides is 1. The number of hydrogen-bond donors (Lipinski definition) is 4. The van der Waals surface area contributed by atoms with E-state index in [0.29, 0.717) is 35.1 Å². The molecule has 5 rings (SSSR count). The number of rotatable bonds is 5. The molecular weight excluding hydrogens is 490 g/mol. The third kappa shape index (κ3) is 3.36. The molecule has 10 heteroatoms. The van der Waals surface area contributed by atoms with Gasteiger partial charge in [-0.15, -0.1) is 0 Å². The smallest absolute Gasteiger partial charge is 0.233 e. The number of nitrogens with two attached hydrogens (primary N) is 1. The number of carbonyl (C=O) groups excluding carboxylic acids is 4. The number of phenols is 1. The van der Waals surface area contributed by atoms with Gasteiger partial charge in [0.25, 0.3) is 0 Å². The van der Waals surface area contributed by atoms with Crippen LogP contribution in [-0.2, 0) is 20.8 Å². The number of fused-ring (bicyclic) bond motifs is 4. The largest absolute Gasteiger partial charge is 0.507 e. The fourth-order valence-electron chi connectivity index (χ4n) is 6.81. The number of benzene rings is 2. The van der Waals surface area contributed by atoms with Crippen LogP contribution in [0.3, 0.4) is 0 Å². The monoisotopic (exact) mass is 521 g/mol. The highest BCUT2D eigenvalue weighted by molar-refractivity contribution is 6.33. The van der Waals surface area contributed by atoms with E-state index >= 15 is 0 Å². The van der Waals surface area contributed by atoms with Crippen LogP contribution >= 0.6 is 0 Å². The van der Waals surface area contributed by atoms with Gasteiger partial charge in [-0.2, -0.15) is 0 Å². The third-order valence-electron chi connectivity index (χ3n) is 8.41. The van der Waals surface area contributed by atoms with E-state index in [0.717, 1.165) is 0 Å². The topological polar surface area (TPSA) is 171 Å². The molecule has 0 aromatic heterocycles. The van der Waals surface area contributed by atoms with Crippen molar-refractivity contribution >= 4 is 39.7 Å². The van der Waals surface area contributed by atoms with Gasteiger partial charge in [-0.1, -0.05) is 31.2 Å². The molecule has 0 spiro atoms. The summed E-state index contributed by atoms with van der Waals surface area (Å²) in [4.78, 5) is 55.0. The number of nitrogens with one attached hydrogen (secondary N) is 1. The number of Topliss-reactive ketones (excluding diaryl/α,β-unsaturated/α-hetero) is 3. The predicted molar refractivity (Wildman–Crippen MR) is 137 cm³/mol. The van der Waals surface area contributed by atoms with Gasteiger partial charge in [0.05, 0.1) is 29.8 Å². The summed E-state index contributed by atoms with van der Waals surface area (Å²) >= 11 is 0. The van der Waals surface area contributed by atoms with Gasteiger partial charge >= 0.3 is 0 Å². The number of likely N-dealkylation sites (N-methyl/N-ethyl adjacent to an activating group) is 1. The maximum atomic E-state index is 14.0. The van der Waals surface area contributed by atoms with E-state index in [2.05, 4.69) is 0 Å². The Labute approximate surface area is 219 Å². The molecule has 2 aromatic rings. The summed E-state index contributed by atoms with van der Waals surface area (Å²) in [5.41, 5.74) is 2.59. The third-order valence-corrected chi connectivity index (χ3v) is 8.41. The molecule has 0 bridgehead atoms. The minimum Gasteiger partial charge on any atom is -0.507 e. The minimum absolute atomic E-state index is 0.0273. The number of phenolic OH excluding ortho intramolecular Hbond substituents is 1. The maximum Gasteiger partial charge on any atom is 0.233 e. The molecule has 1 amide bonds. The minimum atomic E-state index is -2.52. The first kappa shape index (κ1) is 26.0. The van der Waals surface area contributed by atoms with E-state index < -0.39 is 64.3 Å². The zero-order chi connectivity index (χ0) is 27.7. The molecule has 0 heterocycles. The summed E-state index contributed by atoms with van der Waals surface area (Å²) < 4.78 is 6.09. The van der Waals surface area contributed by atoms with Gasteiger partial charge in [-0.25, -0.2) is 0 Å². The summed E-state index contributed by atoms with van der Waals surface area (Å²) in [7, 11) is 3.18. The summed E-state index contributed by atoms with van der Waals surface area (Å²) in [6.07, 6.45) is 0.983. The van der Waals surface area contributed by atoms with Gasteiger partial charge in [0, 0.05) is 22.3 Å². The van der Waals surface area contributed by atoms with Gasteiger partial charge in [-0.3, -0.25) is 24.1 Å². The van der Waals surface area contributed by atoms with Crippen molar-refractivity contribution in [3.05, 3.63) is 35.4 Å². The quantitative estimate of drug-likeness (QED) is 0.426. The molecule has 3 aliphatic carbocycles. The number of nitrogens with zero attached hydrogens (tertiary/aromatic N) is 1. The molecule has 0 saturated heterocycles. The zero-order valence-corrected chi connectivity index (χ0v) is 21.5. The Morgan fingerprint density at radius 1 is 1.21 bits per heavy atom. The average Bonchev–Trinajstić information content (AvgIpc) is 2.85. The molecule has 6 atom stereocenters. The van der Waals surface area contributed by atoms with Crippen molar-refractivity contribution in [1.82, 2.24) is 4.90 Å². The van der Waals surface area contributed by atoms with Gasteiger partial charge < -0.3 is 26.1 Å². The summed E-state index contributed by atoms with van der Waals surface area (Å²) in [6, 6.07) is 5.93. The Morgan fingerprint density at radius 3 is 2.47 bits per heavy atom. The lowest BCUT2D eigenvalue weighted by Crippen LogP contribution is -2.73. The fraction of sp³-hybridized carbons (Fsp3) is 0.464. The van der Waals surface area contributed by atoms with Gasteiger partial charge in [0.15, 0.2) is 23.0 Å². The molecule has 5 N–H and O–H groups in total. The molecule has 0 aliphatic heterocycles. The number of primary amides is 1. The van der Waals surface area contributed by atoms with Crippen molar-refractivity contribution in [3.63, 3.8) is 0 Å². The Kier molecular flexibility index (Phi) is 6.15. The molecule has 0 radical (unpaired) electrons. The van der Waals surface area contributed by atoms with Crippen LogP contribution in [0.25, 0.3) is 10.8 Å². The highest BCUT2D eigenvalue weighted by Crippen LogP contribution is 2.53. The van der Waals surface area contributed by atoms with Crippen molar-refractivity contribution in [2.24, 2.45) is 29.4 Å². The van der Waals surface area contributed by atoms with Crippen molar-refractivity contribution < 1.29 is 34.1 Å². The highest BCUT2D eigenvalue weighted by Gasteiger charge is 2.67. The van der Waals surface area contributed by atoms with Gasteiger partial charge in [0.2, 0.25) is 5.91 Å². The lowest BCUT2D eigenvalue weighted by Gasteiger charge is -2.53. The van der Waals surface area contributed by atoms with E-state index in [1.807, 2.05) is 6.92 Å². The van der Waals surface area contributed by atoms with Crippen molar-refractivity contribution in [2.45, 2.75) is 37.8 Å². The van der Waals surface area contributed by atoms with Crippen molar-refractivity contribution in [1.29, 1.82) is 5.41 Å². The molecule has 6 unspecified atom stereocenters. The summed E-state index contributed by atoms with van der Waals surface area (Å²) in [6.45, 7) is 2.33. The van der Waals surface area contributed by atoms with Crippen LogP contribution in [0.1, 0.15) is 35.7 Å².